The van der Waals surface area contributed by atoms with Crippen molar-refractivity contribution < 1.29 is 14.3 Å². The van der Waals surface area contributed by atoms with E-state index in [1.54, 1.807) is 7.11 Å². The van der Waals surface area contributed by atoms with Crippen molar-refractivity contribution in [2.24, 2.45) is 5.92 Å². The molecule has 1 aliphatic carbocycles. The molecule has 0 aromatic rings. The van der Waals surface area contributed by atoms with Crippen molar-refractivity contribution in [1.29, 1.82) is 0 Å². The summed E-state index contributed by atoms with van der Waals surface area (Å²) in [6, 6.07) is 0. The molecule has 0 aliphatic heterocycles. The summed E-state index contributed by atoms with van der Waals surface area (Å²) in [5.41, 5.74) is -0.612. The van der Waals surface area contributed by atoms with Gasteiger partial charge in [-0.1, -0.05) is 6.92 Å². The lowest BCUT2D eigenvalue weighted by Gasteiger charge is -2.31. The molecular weight excluding hydrogens is 194 g/mol. The first-order valence-electron chi connectivity index (χ1n) is 5.53. The fourth-order valence-corrected chi connectivity index (χ4v) is 1.94. The van der Waals surface area contributed by atoms with Gasteiger partial charge in [0.2, 0.25) is 0 Å². The first kappa shape index (κ1) is 12.5. The predicted molar refractivity (Wildman–Crippen MR) is 57.6 cm³/mol. The van der Waals surface area contributed by atoms with Crippen molar-refractivity contribution >= 4 is 5.97 Å². The zero-order valence-corrected chi connectivity index (χ0v) is 9.84. The van der Waals surface area contributed by atoms with Gasteiger partial charge in [-0.05, 0) is 31.7 Å². The molecule has 4 heteroatoms. The Labute approximate surface area is 91.3 Å². The van der Waals surface area contributed by atoms with Crippen molar-refractivity contribution in [2.75, 3.05) is 27.4 Å². The molecule has 0 saturated heterocycles. The molecule has 1 aliphatic rings. The van der Waals surface area contributed by atoms with E-state index in [1.807, 2.05) is 0 Å². The highest BCUT2D eigenvalue weighted by Gasteiger charge is 2.51. The number of rotatable bonds is 7. The highest BCUT2D eigenvalue weighted by molar-refractivity contribution is 5.82. The minimum atomic E-state index is -0.612. The second kappa shape index (κ2) is 5.47. The lowest BCUT2D eigenvalue weighted by Crippen LogP contribution is -2.58. The molecule has 1 N–H and O–H groups in total. The maximum atomic E-state index is 11.8. The summed E-state index contributed by atoms with van der Waals surface area (Å²) in [6.45, 7) is 3.29. The third-order valence-corrected chi connectivity index (χ3v) is 2.89. The zero-order chi connectivity index (χ0) is 11.3. The first-order valence-corrected chi connectivity index (χ1v) is 5.53. The van der Waals surface area contributed by atoms with Gasteiger partial charge in [0.25, 0.3) is 0 Å². The SMILES string of the molecule is CCCNC(COC)(C(=O)OC)C1CC1. The number of hydrogen-bond donors (Lipinski definition) is 1. The van der Waals surface area contributed by atoms with E-state index in [9.17, 15) is 4.79 Å². The topological polar surface area (TPSA) is 47.6 Å². The maximum absolute atomic E-state index is 11.8. The summed E-state index contributed by atoms with van der Waals surface area (Å²) in [7, 11) is 3.05. The Bertz CT molecular complexity index is 216. The summed E-state index contributed by atoms with van der Waals surface area (Å²) in [6.07, 6.45) is 3.15. The fourth-order valence-electron chi connectivity index (χ4n) is 1.94. The standard InChI is InChI=1S/C11H21NO3/c1-4-7-12-11(8-14-2,9-5-6-9)10(13)15-3/h9,12H,4-8H2,1-3H3. The van der Waals surface area contributed by atoms with Gasteiger partial charge >= 0.3 is 5.97 Å². The van der Waals surface area contributed by atoms with Crippen LogP contribution < -0.4 is 5.32 Å². The number of carbonyl (C=O) groups excluding carboxylic acids is 1. The second-order valence-corrected chi connectivity index (χ2v) is 4.10. The van der Waals surface area contributed by atoms with E-state index in [-0.39, 0.29) is 5.97 Å². The molecule has 0 spiro atoms. The van der Waals surface area contributed by atoms with Crippen LogP contribution in [0.4, 0.5) is 0 Å². The molecule has 4 nitrogen and oxygen atoms in total. The minimum absolute atomic E-state index is 0.194. The molecule has 0 aromatic heterocycles. The quantitative estimate of drug-likeness (QED) is 0.642. The Kier molecular flexibility index (Phi) is 4.54. The molecule has 1 unspecified atom stereocenters. The summed E-state index contributed by atoms with van der Waals surface area (Å²) in [5.74, 6) is 0.178. The highest BCUT2D eigenvalue weighted by atomic mass is 16.5. The molecule has 88 valence electrons. The molecular formula is C11H21NO3. The Morgan fingerprint density at radius 2 is 2.13 bits per heavy atom. The second-order valence-electron chi connectivity index (χ2n) is 4.10. The van der Waals surface area contributed by atoms with E-state index in [0.29, 0.717) is 12.5 Å². The third kappa shape index (κ3) is 2.69. The fraction of sp³-hybridized carbons (Fsp3) is 0.909. The van der Waals surface area contributed by atoms with Gasteiger partial charge in [0.15, 0.2) is 0 Å². The van der Waals surface area contributed by atoms with Gasteiger partial charge in [0.1, 0.15) is 5.54 Å². The van der Waals surface area contributed by atoms with Gasteiger partial charge in [-0.25, -0.2) is 4.79 Å². The summed E-state index contributed by atoms with van der Waals surface area (Å²) in [4.78, 5) is 11.8. The lowest BCUT2D eigenvalue weighted by atomic mass is 9.94. The van der Waals surface area contributed by atoms with E-state index in [1.165, 1.54) is 7.11 Å². The van der Waals surface area contributed by atoms with Gasteiger partial charge < -0.3 is 9.47 Å². The van der Waals surface area contributed by atoms with Crippen LogP contribution >= 0.6 is 0 Å². The van der Waals surface area contributed by atoms with Crippen LogP contribution in [-0.2, 0) is 14.3 Å². The van der Waals surface area contributed by atoms with Crippen LogP contribution in [-0.4, -0.2) is 38.9 Å². The van der Waals surface area contributed by atoms with Gasteiger partial charge in [0.05, 0.1) is 13.7 Å². The van der Waals surface area contributed by atoms with Crippen LogP contribution in [0.1, 0.15) is 26.2 Å². The molecule has 0 radical (unpaired) electrons. The van der Waals surface area contributed by atoms with Gasteiger partial charge in [-0.15, -0.1) is 0 Å². The molecule has 1 saturated carbocycles. The summed E-state index contributed by atoms with van der Waals surface area (Å²) < 4.78 is 10.1. The molecule has 1 fully saturated rings. The molecule has 0 heterocycles. The molecule has 0 aromatic carbocycles. The molecule has 15 heavy (non-hydrogen) atoms. The molecule has 1 rings (SSSR count). The van der Waals surface area contributed by atoms with E-state index < -0.39 is 5.54 Å². The summed E-state index contributed by atoms with van der Waals surface area (Å²) >= 11 is 0. The van der Waals surface area contributed by atoms with Crippen molar-refractivity contribution in [3.8, 4) is 0 Å². The van der Waals surface area contributed by atoms with E-state index in [2.05, 4.69) is 12.2 Å². The van der Waals surface area contributed by atoms with Crippen molar-refractivity contribution in [3.05, 3.63) is 0 Å². The number of nitrogens with one attached hydrogen (secondary N) is 1. The Morgan fingerprint density at radius 3 is 2.53 bits per heavy atom. The number of ether oxygens (including phenoxy) is 2. The van der Waals surface area contributed by atoms with Crippen molar-refractivity contribution in [1.82, 2.24) is 5.32 Å². The van der Waals surface area contributed by atoms with Crippen LogP contribution in [0.15, 0.2) is 0 Å². The molecule has 0 bridgehead atoms. The Hall–Kier alpha value is -0.610. The zero-order valence-electron chi connectivity index (χ0n) is 9.84. The monoisotopic (exact) mass is 215 g/mol. The Balaban J connectivity index is 2.73. The number of carbonyl (C=O) groups is 1. The van der Waals surface area contributed by atoms with Crippen LogP contribution in [0.5, 0.6) is 0 Å². The van der Waals surface area contributed by atoms with Crippen LogP contribution in [0.2, 0.25) is 0 Å². The largest absolute Gasteiger partial charge is 0.468 e. The van der Waals surface area contributed by atoms with Crippen LogP contribution in [0.3, 0.4) is 0 Å². The predicted octanol–water partition coefficient (Wildman–Crippen LogP) is 0.954. The van der Waals surface area contributed by atoms with Crippen molar-refractivity contribution in [2.45, 2.75) is 31.7 Å². The molecule has 0 amide bonds. The summed E-state index contributed by atoms with van der Waals surface area (Å²) in [5, 5.41) is 3.30. The number of methoxy groups -OCH3 is 2. The van der Waals surface area contributed by atoms with E-state index in [0.717, 1.165) is 25.8 Å². The Morgan fingerprint density at radius 1 is 1.47 bits per heavy atom. The first-order chi connectivity index (χ1) is 7.21. The van der Waals surface area contributed by atoms with Crippen LogP contribution in [0, 0.1) is 5.92 Å². The highest BCUT2D eigenvalue weighted by Crippen LogP contribution is 2.40. The average Bonchev–Trinajstić information content (AvgIpc) is 3.07. The average molecular weight is 215 g/mol. The number of hydrogen-bond acceptors (Lipinski definition) is 4. The minimum Gasteiger partial charge on any atom is -0.468 e. The van der Waals surface area contributed by atoms with E-state index >= 15 is 0 Å². The number of esters is 1. The van der Waals surface area contributed by atoms with Gasteiger partial charge in [0, 0.05) is 7.11 Å². The lowest BCUT2D eigenvalue weighted by molar-refractivity contribution is -0.152. The smallest absolute Gasteiger partial charge is 0.328 e. The van der Waals surface area contributed by atoms with Gasteiger partial charge in [-0.3, -0.25) is 5.32 Å². The van der Waals surface area contributed by atoms with E-state index in [4.69, 9.17) is 9.47 Å². The van der Waals surface area contributed by atoms with Gasteiger partial charge in [-0.2, -0.15) is 0 Å². The molecule has 1 atom stereocenters. The normalized spacial score (nSPS) is 19.7. The van der Waals surface area contributed by atoms with Crippen molar-refractivity contribution in [3.63, 3.8) is 0 Å². The van der Waals surface area contributed by atoms with Crippen LogP contribution in [0.25, 0.3) is 0 Å². The third-order valence-electron chi connectivity index (χ3n) is 2.89. The maximum Gasteiger partial charge on any atom is 0.328 e.